The number of amides is 1. The van der Waals surface area contributed by atoms with Crippen LogP contribution in [0.15, 0.2) is 17.0 Å². The molecule has 0 N–H and O–H groups in total. The smallest absolute Gasteiger partial charge is 0.248 e. The molecule has 1 saturated carbocycles. The SMILES string of the molecule is CC.COc1cc(C)c(S(=O)(=O)N2CCSCC2COCC(=O)N2CCN(C3CCC3)CC2)c(C)c1. The van der Waals surface area contributed by atoms with Crippen molar-refractivity contribution in [2.75, 3.05) is 64.6 Å². The Kier molecular flexibility index (Phi) is 10.9. The van der Waals surface area contributed by atoms with Gasteiger partial charge in [-0.3, -0.25) is 9.69 Å². The number of ether oxygens (including phenoxy) is 2. The predicted octanol–water partition coefficient (Wildman–Crippen LogP) is 3.16. The summed E-state index contributed by atoms with van der Waals surface area (Å²) in [6, 6.07) is 3.93. The maximum Gasteiger partial charge on any atom is 0.248 e. The van der Waals surface area contributed by atoms with Gasteiger partial charge in [0.15, 0.2) is 0 Å². The lowest BCUT2D eigenvalue weighted by atomic mass is 9.91. The normalized spacial score (nSPS) is 21.9. The molecule has 0 aromatic heterocycles. The van der Waals surface area contributed by atoms with Crippen molar-refractivity contribution in [2.45, 2.75) is 63.9 Å². The molecule has 8 nitrogen and oxygen atoms in total. The number of carbonyl (C=O) groups excluding carboxylic acids is 1. The first-order chi connectivity index (χ1) is 17.3. The molecule has 1 aromatic rings. The molecule has 0 radical (unpaired) electrons. The van der Waals surface area contributed by atoms with Crippen LogP contribution in [-0.4, -0.2) is 105 Å². The standard InChI is InChI=1S/C24H37N3O5S2.C2H6/c1-18-13-22(31-3)14-19(2)24(18)34(29,30)27-11-12-33-17-21(27)15-32-16-23(28)26-9-7-25(8-10-26)20-5-4-6-20;1-2/h13-14,20-21H,4-12,15-17H2,1-3H3;1-2H3. The van der Waals surface area contributed by atoms with Crippen LogP contribution < -0.4 is 4.74 Å². The van der Waals surface area contributed by atoms with Gasteiger partial charge in [0.25, 0.3) is 0 Å². The monoisotopic (exact) mass is 541 g/mol. The van der Waals surface area contributed by atoms with Crippen molar-refractivity contribution >= 4 is 27.7 Å². The van der Waals surface area contributed by atoms with Crippen molar-refractivity contribution in [3.05, 3.63) is 23.3 Å². The molecule has 1 unspecified atom stereocenters. The Morgan fingerprint density at radius 2 is 1.69 bits per heavy atom. The molecular formula is C26H43N3O5S2. The van der Waals surface area contributed by atoms with Gasteiger partial charge in [0.05, 0.1) is 24.7 Å². The van der Waals surface area contributed by atoms with E-state index in [4.69, 9.17) is 9.47 Å². The van der Waals surface area contributed by atoms with Gasteiger partial charge in [-0.25, -0.2) is 8.42 Å². The molecule has 3 fully saturated rings. The number of rotatable bonds is 8. The van der Waals surface area contributed by atoms with E-state index in [1.807, 2.05) is 18.7 Å². The molecule has 2 heterocycles. The molecule has 2 saturated heterocycles. The second-order valence-electron chi connectivity index (χ2n) is 9.45. The fourth-order valence-electron chi connectivity index (χ4n) is 5.10. The molecule has 1 aromatic carbocycles. The molecule has 0 bridgehead atoms. The van der Waals surface area contributed by atoms with Crippen LogP contribution in [0.5, 0.6) is 5.75 Å². The van der Waals surface area contributed by atoms with E-state index in [1.165, 1.54) is 19.3 Å². The van der Waals surface area contributed by atoms with Crippen molar-refractivity contribution < 1.29 is 22.7 Å². The number of methoxy groups -OCH3 is 1. The molecule has 2 aliphatic heterocycles. The van der Waals surface area contributed by atoms with Crippen LogP contribution in [0.2, 0.25) is 0 Å². The zero-order valence-electron chi connectivity index (χ0n) is 22.5. The van der Waals surface area contributed by atoms with E-state index in [0.717, 1.165) is 31.9 Å². The van der Waals surface area contributed by atoms with Gasteiger partial charge in [-0.05, 0) is 49.9 Å². The Bertz CT molecular complexity index is 953. The lowest BCUT2D eigenvalue weighted by Gasteiger charge is -2.43. The predicted molar refractivity (Wildman–Crippen MR) is 145 cm³/mol. The zero-order chi connectivity index (χ0) is 26.3. The minimum absolute atomic E-state index is 0.000918. The first kappa shape index (κ1) is 29.2. The van der Waals surface area contributed by atoms with E-state index in [1.54, 1.807) is 49.2 Å². The summed E-state index contributed by atoms with van der Waals surface area (Å²) in [6.07, 6.45) is 3.89. The van der Waals surface area contributed by atoms with Crippen LogP contribution in [0.25, 0.3) is 0 Å². The molecule has 10 heteroatoms. The third-order valence-corrected chi connectivity index (χ3v) is 10.6. The highest BCUT2D eigenvalue weighted by Gasteiger charge is 2.36. The molecule has 0 spiro atoms. The van der Waals surface area contributed by atoms with Gasteiger partial charge in [0, 0.05) is 50.3 Å². The van der Waals surface area contributed by atoms with Gasteiger partial charge in [-0.15, -0.1) is 0 Å². The lowest BCUT2D eigenvalue weighted by molar-refractivity contribution is -0.138. The third-order valence-electron chi connectivity index (χ3n) is 7.20. The highest BCUT2D eigenvalue weighted by Crippen LogP contribution is 2.31. The molecule has 3 aliphatic rings. The average Bonchev–Trinajstić information content (AvgIpc) is 2.84. The first-order valence-corrected chi connectivity index (χ1v) is 15.7. The van der Waals surface area contributed by atoms with Crippen LogP contribution in [-0.2, 0) is 19.6 Å². The summed E-state index contributed by atoms with van der Waals surface area (Å²) in [6.45, 7) is 11.6. The van der Waals surface area contributed by atoms with Gasteiger partial charge >= 0.3 is 0 Å². The Balaban J connectivity index is 0.00000176. The van der Waals surface area contributed by atoms with Crippen LogP contribution in [0.1, 0.15) is 44.2 Å². The molecule has 4 rings (SSSR count). The van der Waals surface area contributed by atoms with Crippen LogP contribution in [0.4, 0.5) is 0 Å². The number of carbonyl (C=O) groups is 1. The summed E-state index contributed by atoms with van der Waals surface area (Å²) in [4.78, 5) is 17.4. The van der Waals surface area contributed by atoms with Crippen LogP contribution in [0.3, 0.4) is 0 Å². The van der Waals surface area contributed by atoms with E-state index >= 15 is 0 Å². The fraction of sp³-hybridized carbons (Fsp3) is 0.731. The zero-order valence-corrected chi connectivity index (χ0v) is 24.1. The Labute approximate surface area is 221 Å². The van der Waals surface area contributed by atoms with Crippen molar-refractivity contribution in [1.82, 2.24) is 14.1 Å². The molecule has 36 heavy (non-hydrogen) atoms. The number of sulfonamides is 1. The molecule has 1 amide bonds. The summed E-state index contributed by atoms with van der Waals surface area (Å²) in [5, 5.41) is 0. The van der Waals surface area contributed by atoms with Crippen molar-refractivity contribution in [3.8, 4) is 5.75 Å². The van der Waals surface area contributed by atoms with Gasteiger partial charge in [-0.2, -0.15) is 16.1 Å². The van der Waals surface area contributed by atoms with E-state index in [2.05, 4.69) is 4.90 Å². The molecule has 1 aliphatic carbocycles. The second kappa shape index (κ2) is 13.5. The number of hydrogen-bond donors (Lipinski definition) is 0. The number of nitrogens with zero attached hydrogens (tertiary/aromatic N) is 3. The van der Waals surface area contributed by atoms with Gasteiger partial charge in [0.2, 0.25) is 15.9 Å². The minimum Gasteiger partial charge on any atom is -0.497 e. The average molecular weight is 542 g/mol. The van der Waals surface area contributed by atoms with Crippen LogP contribution >= 0.6 is 11.8 Å². The molecule has 204 valence electrons. The quantitative estimate of drug-likeness (QED) is 0.500. The number of benzene rings is 1. The topological polar surface area (TPSA) is 79.4 Å². The van der Waals surface area contributed by atoms with Crippen molar-refractivity contribution in [2.24, 2.45) is 0 Å². The summed E-state index contributed by atoms with van der Waals surface area (Å²) < 4.78 is 39.9. The Hall–Kier alpha value is -1.33. The van der Waals surface area contributed by atoms with E-state index in [-0.39, 0.29) is 25.2 Å². The minimum atomic E-state index is -3.70. The third kappa shape index (κ3) is 6.75. The Morgan fingerprint density at radius 3 is 2.25 bits per heavy atom. The number of thioether (sulfide) groups is 1. The second-order valence-corrected chi connectivity index (χ2v) is 12.4. The highest BCUT2D eigenvalue weighted by atomic mass is 32.2. The summed E-state index contributed by atoms with van der Waals surface area (Å²) in [5.41, 5.74) is 1.34. The maximum absolute atomic E-state index is 13.6. The van der Waals surface area contributed by atoms with E-state index < -0.39 is 10.0 Å². The van der Waals surface area contributed by atoms with Crippen molar-refractivity contribution in [3.63, 3.8) is 0 Å². The first-order valence-electron chi connectivity index (χ1n) is 13.2. The van der Waals surface area contributed by atoms with Gasteiger partial charge < -0.3 is 14.4 Å². The highest BCUT2D eigenvalue weighted by molar-refractivity contribution is 7.99. The van der Waals surface area contributed by atoms with Gasteiger partial charge in [-0.1, -0.05) is 20.3 Å². The molecule has 1 atom stereocenters. The van der Waals surface area contributed by atoms with Crippen molar-refractivity contribution in [1.29, 1.82) is 0 Å². The summed E-state index contributed by atoms with van der Waals surface area (Å²) >= 11 is 1.72. The maximum atomic E-state index is 13.6. The molecular weight excluding hydrogens is 498 g/mol. The lowest BCUT2D eigenvalue weighted by Crippen LogP contribution is -2.54. The van der Waals surface area contributed by atoms with Crippen LogP contribution in [0, 0.1) is 13.8 Å². The number of piperazine rings is 1. The largest absolute Gasteiger partial charge is 0.497 e. The fourth-order valence-corrected chi connectivity index (χ4v) is 8.38. The summed E-state index contributed by atoms with van der Waals surface area (Å²) in [7, 11) is -2.12. The summed E-state index contributed by atoms with van der Waals surface area (Å²) in [5.74, 6) is 2.04. The Morgan fingerprint density at radius 1 is 1.06 bits per heavy atom. The van der Waals surface area contributed by atoms with Gasteiger partial charge in [0.1, 0.15) is 12.4 Å². The van der Waals surface area contributed by atoms with E-state index in [0.29, 0.717) is 40.1 Å². The number of aryl methyl sites for hydroxylation is 2. The number of hydrogen-bond acceptors (Lipinski definition) is 7. The van der Waals surface area contributed by atoms with E-state index in [9.17, 15) is 13.2 Å².